The van der Waals surface area contributed by atoms with Crippen molar-refractivity contribution in [1.82, 2.24) is 24.9 Å². The van der Waals surface area contributed by atoms with Crippen molar-refractivity contribution in [2.24, 2.45) is 7.05 Å². The van der Waals surface area contributed by atoms with Crippen LogP contribution in [0.15, 0.2) is 6.07 Å². The Bertz CT molecular complexity index is 621. The summed E-state index contributed by atoms with van der Waals surface area (Å²) in [6, 6.07) is 2.13. The summed E-state index contributed by atoms with van der Waals surface area (Å²) >= 11 is 6.28. The van der Waals surface area contributed by atoms with Crippen molar-refractivity contribution >= 4 is 11.6 Å². The molecule has 1 N–H and O–H groups in total. The summed E-state index contributed by atoms with van der Waals surface area (Å²) in [6.45, 7) is 10.0. The minimum atomic E-state index is 0.0660. The van der Waals surface area contributed by atoms with Gasteiger partial charge in [-0.15, -0.1) is 0 Å². The number of hydrogen-bond acceptors (Lipinski definition) is 3. The summed E-state index contributed by atoms with van der Waals surface area (Å²) in [6.07, 6.45) is 0. The standard InChI is InChI=1S/C15H24ClN5/c1-10-12(14(16)21(6)19-10)9-20(5)8-11-7-13(18-17-11)15(2,3)4/h7H,8-9H2,1-6H3,(H,17,18). The van der Waals surface area contributed by atoms with Crippen molar-refractivity contribution in [3.05, 3.63) is 33.9 Å². The van der Waals surface area contributed by atoms with Gasteiger partial charge in [0.05, 0.1) is 11.4 Å². The van der Waals surface area contributed by atoms with E-state index in [2.05, 4.69) is 54.1 Å². The lowest BCUT2D eigenvalue weighted by atomic mass is 9.92. The lowest BCUT2D eigenvalue weighted by Gasteiger charge is -2.16. The Hall–Kier alpha value is -1.33. The van der Waals surface area contributed by atoms with Gasteiger partial charge in [0, 0.05) is 36.8 Å². The number of aryl methyl sites for hydroxylation is 2. The highest BCUT2D eigenvalue weighted by Gasteiger charge is 2.18. The Morgan fingerprint density at radius 3 is 2.48 bits per heavy atom. The van der Waals surface area contributed by atoms with Crippen LogP contribution in [0.1, 0.15) is 43.4 Å². The summed E-state index contributed by atoms with van der Waals surface area (Å²) < 4.78 is 1.72. The molecule has 0 amide bonds. The Morgan fingerprint density at radius 2 is 2.00 bits per heavy atom. The number of halogens is 1. The highest BCUT2D eigenvalue weighted by atomic mass is 35.5. The van der Waals surface area contributed by atoms with E-state index in [-0.39, 0.29) is 5.41 Å². The molecule has 6 heteroatoms. The first-order valence-electron chi connectivity index (χ1n) is 7.09. The predicted octanol–water partition coefficient (Wildman–Crippen LogP) is 3.03. The molecule has 0 aliphatic carbocycles. The van der Waals surface area contributed by atoms with Crippen LogP contribution in [0.2, 0.25) is 5.15 Å². The minimum Gasteiger partial charge on any atom is -0.296 e. The molecule has 0 unspecified atom stereocenters. The molecule has 0 aromatic carbocycles. The van der Waals surface area contributed by atoms with Crippen LogP contribution in [-0.2, 0) is 25.6 Å². The van der Waals surface area contributed by atoms with E-state index in [0.29, 0.717) is 5.15 Å². The minimum absolute atomic E-state index is 0.0660. The monoisotopic (exact) mass is 309 g/mol. The molecule has 2 heterocycles. The normalized spacial score (nSPS) is 12.4. The maximum absolute atomic E-state index is 6.28. The average Bonchev–Trinajstić information content (AvgIpc) is 2.90. The third-order valence-electron chi connectivity index (χ3n) is 3.54. The Kier molecular flexibility index (Phi) is 4.44. The number of nitrogens with one attached hydrogen (secondary N) is 1. The van der Waals surface area contributed by atoms with Crippen LogP contribution in [0, 0.1) is 6.92 Å². The van der Waals surface area contributed by atoms with Crippen molar-refractivity contribution in [2.45, 2.75) is 46.2 Å². The van der Waals surface area contributed by atoms with Gasteiger partial charge in [-0.05, 0) is 20.0 Å². The van der Waals surface area contributed by atoms with E-state index in [1.165, 1.54) is 0 Å². The second kappa shape index (κ2) is 5.81. The van der Waals surface area contributed by atoms with Crippen molar-refractivity contribution in [2.75, 3.05) is 7.05 Å². The molecule has 0 aliphatic heterocycles. The van der Waals surface area contributed by atoms with Gasteiger partial charge >= 0.3 is 0 Å². The van der Waals surface area contributed by atoms with E-state index >= 15 is 0 Å². The van der Waals surface area contributed by atoms with Gasteiger partial charge in [-0.1, -0.05) is 32.4 Å². The van der Waals surface area contributed by atoms with Gasteiger partial charge < -0.3 is 0 Å². The summed E-state index contributed by atoms with van der Waals surface area (Å²) in [4.78, 5) is 2.20. The SMILES string of the molecule is Cc1nn(C)c(Cl)c1CN(C)Cc1cc(C(C)(C)C)n[nH]1. The number of aromatic amines is 1. The number of H-pyrrole nitrogens is 1. The molecule has 116 valence electrons. The Labute approximate surface area is 131 Å². The summed E-state index contributed by atoms with van der Waals surface area (Å²) in [7, 11) is 3.93. The lowest BCUT2D eigenvalue weighted by Crippen LogP contribution is -2.18. The van der Waals surface area contributed by atoms with Crippen LogP contribution < -0.4 is 0 Å². The molecule has 0 bridgehead atoms. The first kappa shape index (κ1) is 16.0. The first-order valence-corrected chi connectivity index (χ1v) is 7.47. The number of hydrogen-bond donors (Lipinski definition) is 1. The van der Waals surface area contributed by atoms with E-state index < -0.39 is 0 Å². The van der Waals surface area contributed by atoms with Crippen molar-refractivity contribution in [1.29, 1.82) is 0 Å². The summed E-state index contributed by atoms with van der Waals surface area (Å²) in [5.74, 6) is 0. The molecule has 0 saturated carbocycles. The van der Waals surface area contributed by atoms with Crippen LogP contribution >= 0.6 is 11.6 Å². The zero-order chi connectivity index (χ0) is 15.8. The number of aromatic nitrogens is 4. The van der Waals surface area contributed by atoms with E-state index in [1.54, 1.807) is 4.68 Å². The molecule has 0 aliphatic rings. The third-order valence-corrected chi connectivity index (χ3v) is 4.01. The molecule has 2 aromatic rings. The quantitative estimate of drug-likeness (QED) is 0.944. The molecule has 0 radical (unpaired) electrons. The fraction of sp³-hybridized carbons (Fsp3) is 0.600. The smallest absolute Gasteiger partial charge is 0.131 e. The zero-order valence-corrected chi connectivity index (χ0v) is 14.4. The summed E-state index contributed by atoms with van der Waals surface area (Å²) in [5, 5.41) is 12.6. The second-order valence-electron chi connectivity index (χ2n) is 6.68. The predicted molar refractivity (Wildman–Crippen MR) is 85.4 cm³/mol. The Morgan fingerprint density at radius 1 is 1.33 bits per heavy atom. The van der Waals surface area contributed by atoms with Crippen LogP contribution in [0.5, 0.6) is 0 Å². The largest absolute Gasteiger partial charge is 0.296 e. The lowest BCUT2D eigenvalue weighted by molar-refractivity contribution is 0.314. The fourth-order valence-corrected chi connectivity index (χ4v) is 2.53. The highest BCUT2D eigenvalue weighted by molar-refractivity contribution is 6.30. The van der Waals surface area contributed by atoms with Gasteiger partial charge in [0.25, 0.3) is 0 Å². The molecule has 0 saturated heterocycles. The van der Waals surface area contributed by atoms with Gasteiger partial charge in [-0.3, -0.25) is 14.7 Å². The van der Waals surface area contributed by atoms with Crippen molar-refractivity contribution in [3.63, 3.8) is 0 Å². The summed E-state index contributed by atoms with van der Waals surface area (Å²) in [5.41, 5.74) is 4.32. The van der Waals surface area contributed by atoms with Gasteiger partial charge in [-0.25, -0.2) is 0 Å². The number of rotatable bonds is 4. The zero-order valence-electron chi connectivity index (χ0n) is 13.7. The molecule has 2 rings (SSSR count). The van der Waals surface area contributed by atoms with E-state index in [4.69, 9.17) is 11.6 Å². The molecular weight excluding hydrogens is 286 g/mol. The van der Waals surface area contributed by atoms with Gasteiger partial charge in [0.15, 0.2) is 0 Å². The maximum Gasteiger partial charge on any atom is 0.131 e. The molecule has 0 fully saturated rings. The molecule has 21 heavy (non-hydrogen) atoms. The topological polar surface area (TPSA) is 49.7 Å². The van der Waals surface area contributed by atoms with Crippen molar-refractivity contribution in [3.8, 4) is 0 Å². The molecule has 5 nitrogen and oxygen atoms in total. The third kappa shape index (κ3) is 3.66. The first-order chi connectivity index (χ1) is 9.68. The van der Waals surface area contributed by atoms with Crippen LogP contribution in [0.4, 0.5) is 0 Å². The fourth-order valence-electron chi connectivity index (χ4n) is 2.30. The molecule has 2 aromatic heterocycles. The maximum atomic E-state index is 6.28. The van der Waals surface area contributed by atoms with Crippen LogP contribution in [0.3, 0.4) is 0 Å². The van der Waals surface area contributed by atoms with Crippen LogP contribution in [-0.4, -0.2) is 31.9 Å². The van der Waals surface area contributed by atoms with Gasteiger partial charge in [0.1, 0.15) is 5.15 Å². The van der Waals surface area contributed by atoms with Crippen LogP contribution in [0.25, 0.3) is 0 Å². The number of nitrogens with zero attached hydrogens (tertiary/aromatic N) is 4. The molecular formula is C15H24ClN5. The van der Waals surface area contributed by atoms with Gasteiger partial charge in [-0.2, -0.15) is 10.2 Å². The van der Waals surface area contributed by atoms with Gasteiger partial charge in [0.2, 0.25) is 0 Å². The molecule has 0 spiro atoms. The second-order valence-corrected chi connectivity index (χ2v) is 7.04. The molecule has 0 atom stereocenters. The average molecular weight is 310 g/mol. The van der Waals surface area contributed by atoms with Crippen molar-refractivity contribution < 1.29 is 0 Å². The Balaban J connectivity index is 2.05. The van der Waals surface area contributed by atoms with E-state index in [1.807, 2.05) is 14.0 Å². The highest BCUT2D eigenvalue weighted by Crippen LogP contribution is 2.22. The van der Waals surface area contributed by atoms with E-state index in [0.717, 1.165) is 35.7 Å². The van der Waals surface area contributed by atoms with E-state index in [9.17, 15) is 0 Å².